The minimum absolute atomic E-state index is 0.0117. The molecular weight excluding hydrogens is 302 g/mol. The minimum Gasteiger partial charge on any atom is -0.301 e. The van der Waals surface area contributed by atoms with E-state index in [1.807, 2.05) is 0 Å². The Morgan fingerprint density at radius 3 is 2.86 bits per heavy atom. The molecule has 1 heterocycles. The first-order chi connectivity index (χ1) is 10.6. The number of nitrogens with zero attached hydrogens (tertiary/aromatic N) is 2. The van der Waals surface area contributed by atoms with Gasteiger partial charge in [-0.3, -0.25) is 19.9 Å². The first-order valence-electron chi connectivity index (χ1n) is 7.15. The zero-order valence-electron chi connectivity index (χ0n) is 11.8. The van der Waals surface area contributed by atoms with Crippen LogP contribution in [0.2, 0.25) is 0 Å². The van der Waals surface area contributed by atoms with E-state index >= 15 is 0 Å². The maximum Gasteiger partial charge on any atom is 0.270 e. The summed E-state index contributed by atoms with van der Waals surface area (Å²) in [6, 6.07) is 6.53. The molecular formula is C15H15N3O3S. The number of nitro groups is 1. The van der Waals surface area contributed by atoms with E-state index in [0.717, 1.165) is 12.8 Å². The van der Waals surface area contributed by atoms with Crippen LogP contribution in [0.15, 0.2) is 34.2 Å². The number of hydrogen-bond acceptors (Lipinski definition) is 5. The van der Waals surface area contributed by atoms with Crippen molar-refractivity contribution < 1.29 is 9.72 Å². The Balaban J connectivity index is 1.78. The van der Waals surface area contributed by atoms with Crippen molar-refractivity contribution in [2.24, 2.45) is 4.99 Å². The fourth-order valence-electron chi connectivity index (χ4n) is 2.57. The normalized spacial score (nSPS) is 22.5. The summed E-state index contributed by atoms with van der Waals surface area (Å²) in [6.45, 7) is 0. The van der Waals surface area contributed by atoms with Crippen LogP contribution in [-0.2, 0) is 4.79 Å². The molecule has 2 aliphatic rings. The summed E-state index contributed by atoms with van der Waals surface area (Å²) in [5.41, 5.74) is 0.645. The number of amidine groups is 1. The predicted molar refractivity (Wildman–Crippen MR) is 86.5 cm³/mol. The number of amides is 1. The molecule has 3 rings (SSSR count). The molecule has 1 saturated carbocycles. The molecule has 2 fully saturated rings. The lowest BCUT2D eigenvalue weighted by molar-refractivity contribution is -0.384. The Kier molecular flexibility index (Phi) is 4.24. The van der Waals surface area contributed by atoms with Crippen LogP contribution in [0.4, 0.5) is 5.69 Å². The second kappa shape index (κ2) is 6.31. The van der Waals surface area contributed by atoms with Gasteiger partial charge in [-0.1, -0.05) is 25.0 Å². The fraction of sp³-hybridized carbons (Fsp3) is 0.333. The first-order valence-corrected chi connectivity index (χ1v) is 7.96. The van der Waals surface area contributed by atoms with Gasteiger partial charge in [-0.05, 0) is 36.2 Å². The molecule has 1 aromatic rings. The van der Waals surface area contributed by atoms with Crippen molar-refractivity contribution in [2.45, 2.75) is 31.7 Å². The van der Waals surface area contributed by atoms with Crippen molar-refractivity contribution in [3.05, 3.63) is 44.8 Å². The molecule has 1 aliphatic heterocycles. The molecule has 1 amide bonds. The number of hydrogen-bond donors (Lipinski definition) is 1. The van der Waals surface area contributed by atoms with Gasteiger partial charge in [-0.15, -0.1) is 0 Å². The van der Waals surface area contributed by atoms with Gasteiger partial charge in [0.25, 0.3) is 11.6 Å². The Hall–Kier alpha value is -2.15. The average molecular weight is 317 g/mol. The maximum atomic E-state index is 12.0. The Morgan fingerprint density at radius 2 is 2.14 bits per heavy atom. The molecule has 6 nitrogen and oxygen atoms in total. The van der Waals surface area contributed by atoms with E-state index in [0.29, 0.717) is 21.7 Å². The number of nitrogens with one attached hydrogen (secondary N) is 1. The van der Waals surface area contributed by atoms with Crippen LogP contribution in [0.3, 0.4) is 0 Å². The number of aliphatic imine (C=N–C) groups is 1. The number of nitro benzene ring substituents is 1. The van der Waals surface area contributed by atoms with Crippen LogP contribution >= 0.6 is 11.8 Å². The Morgan fingerprint density at radius 1 is 1.36 bits per heavy atom. The molecule has 0 aromatic heterocycles. The Bertz CT molecular complexity index is 678. The van der Waals surface area contributed by atoms with Gasteiger partial charge in [0.05, 0.1) is 15.9 Å². The van der Waals surface area contributed by atoms with Gasteiger partial charge in [0.15, 0.2) is 5.17 Å². The van der Waals surface area contributed by atoms with Crippen LogP contribution in [0.25, 0.3) is 6.08 Å². The van der Waals surface area contributed by atoms with E-state index in [1.54, 1.807) is 18.2 Å². The topological polar surface area (TPSA) is 84.6 Å². The second-order valence-electron chi connectivity index (χ2n) is 5.29. The predicted octanol–water partition coefficient (Wildman–Crippen LogP) is 3.10. The highest BCUT2D eigenvalue weighted by Crippen LogP contribution is 2.29. The number of benzene rings is 1. The monoisotopic (exact) mass is 317 g/mol. The molecule has 114 valence electrons. The summed E-state index contributed by atoms with van der Waals surface area (Å²) >= 11 is 1.30. The van der Waals surface area contributed by atoms with Gasteiger partial charge in [-0.25, -0.2) is 0 Å². The molecule has 1 aliphatic carbocycles. The van der Waals surface area contributed by atoms with Gasteiger partial charge >= 0.3 is 0 Å². The van der Waals surface area contributed by atoms with E-state index < -0.39 is 4.92 Å². The molecule has 1 aromatic carbocycles. The molecule has 0 spiro atoms. The zero-order chi connectivity index (χ0) is 15.5. The molecule has 22 heavy (non-hydrogen) atoms. The number of thioether (sulfide) groups is 1. The van der Waals surface area contributed by atoms with Crippen LogP contribution in [0.1, 0.15) is 31.2 Å². The first kappa shape index (κ1) is 14.8. The number of carbonyl (C=O) groups is 1. The van der Waals surface area contributed by atoms with Crippen molar-refractivity contribution in [2.75, 3.05) is 0 Å². The molecule has 0 unspecified atom stereocenters. The second-order valence-corrected chi connectivity index (χ2v) is 6.32. The lowest BCUT2D eigenvalue weighted by Crippen LogP contribution is -2.21. The van der Waals surface area contributed by atoms with Gasteiger partial charge < -0.3 is 5.32 Å². The van der Waals surface area contributed by atoms with E-state index in [1.165, 1.54) is 36.7 Å². The summed E-state index contributed by atoms with van der Waals surface area (Å²) < 4.78 is 0. The summed E-state index contributed by atoms with van der Waals surface area (Å²) in [5, 5.41) is 14.2. The van der Waals surface area contributed by atoms with Crippen molar-refractivity contribution in [3.8, 4) is 0 Å². The quantitative estimate of drug-likeness (QED) is 0.527. The maximum absolute atomic E-state index is 12.0. The molecule has 0 bridgehead atoms. The Labute approximate surface area is 131 Å². The molecule has 0 atom stereocenters. The lowest BCUT2D eigenvalue weighted by Gasteiger charge is -2.02. The molecule has 1 N–H and O–H groups in total. The third-order valence-electron chi connectivity index (χ3n) is 3.65. The van der Waals surface area contributed by atoms with E-state index in [9.17, 15) is 14.9 Å². The van der Waals surface area contributed by atoms with Crippen LogP contribution < -0.4 is 5.32 Å². The van der Waals surface area contributed by atoms with Crippen molar-refractivity contribution >= 4 is 34.6 Å². The summed E-state index contributed by atoms with van der Waals surface area (Å²) in [7, 11) is 0. The fourth-order valence-corrected chi connectivity index (χ4v) is 3.46. The average Bonchev–Trinajstić information content (AvgIpc) is 3.10. The van der Waals surface area contributed by atoms with Crippen molar-refractivity contribution in [1.82, 2.24) is 5.32 Å². The minimum atomic E-state index is -0.448. The third-order valence-corrected chi connectivity index (χ3v) is 4.58. The third kappa shape index (κ3) is 3.36. The van der Waals surface area contributed by atoms with E-state index in [2.05, 4.69) is 10.3 Å². The van der Waals surface area contributed by atoms with Crippen molar-refractivity contribution in [1.29, 1.82) is 0 Å². The number of rotatable bonds is 3. The van der Waals surface area contributed by atoms with Crippen LogP contribution in [0, 0.1) is 10.1 Å². The number of non-ortho nitro benzene ring substituents is 1. The van der Waals surface area contributed by atoms with Crippen LogP contribution in [-0.4, -0.2) is 22.0 Å². The highest BCUT2D eigenvalue weighted by molar-refractivity contribution is 8.18. The lowest BCUT2D eigenvalue weighted by atomic mass is 10.2. The zero-order valence-corrected chi connectivity index (χ0v) is 12.6. The van der Waals surface area contributed by atoms with Gasteiger partial charge in [0, 0.05) is 12.1 Å². The van der Waals surface area contributed by atoms with E-state index in [-0.39, 0.29) is 11.6 Å². The molecule has 7 heteroatoms. The largest absolute Gasteiger partial charge is 0.301 e. The number of carbonyl (C=O) groups excluding carboxylic acids is 1. The SMILES string of the molecule is O=C1NC(=NC2CCCC2)S/C1=C/c1cccc([N+](=O)[O-])c1. The van der Waals surface area contributed by atoms with Crippen LogP contribution in [0.5, 0.6) is 0 Å². The van der Waals surface area contributed by atoms with Gasteiger partial charge in [-0.2, -0.15) is 0 Å². The smallest absolute Gasteiger partial charge is 0.270 e. The summed E-state index contributed by atoms with van der Waals surface area (Å²) in [6.07, 6.45) is 6.19. The van der Waals surface area contributed by atoms with E-state index in [4.69, 9.17) is 0 Å². The van der Waals surface area contributed by atoms with Gasteiger partial charge in [0.2, 0.25) is 0 Å². The highest BCUT2D eigenvalue weighted by Gasteiger charge is 2.25. The van der Waals surface area contributed by atoms with Gasteiger partial charge in [0.1, 0.15) is 0 Å². The molecule has 1 saturated heterocycles. The molecule has 0 radical (unpaired) electrons. The summed E-state index contributed by atoms with van der Waals surface area (Å²) in [5.74, 6) is -0.201. The highest BCUT2D eigenvalue weighted by atomic mass is 32.2. The van der Waals surface area contributed by atoms with Crippen molar-refractivity contribution in [3.63, 3.8) is 0 Å². The standard InChI is InChI=1S/C15H15N3O3S/c19-14-13(9-10-4-3-7-12(8-10)18(20)21)22-15(17-14)16-11-5-1-2-6-11/h3-4,7-9,11H,1-2,5-6H2,(H,16,17,19)/b13-9+. The summed E-state index contributed by atoms with van der Waals surface area (Å²) in [4.78, 5) is 27.4.